The van der Waals surface area contributed by atoms with Crippen molar-refractivity contribution in [1.29, 1.82) is 0 Å². The van der Waals surface area contributed by atoms with Crippen LogP contribution in [0.2, 0.25) is 0 Å². The minimum absolute atomic E-state index is 0.0459. The molecule has 1 N–H and O–H groups in total. The SMILES string of the molecule is Cc1cccc(C(=O)NCc2nc3ccccc3c(=O)n2-c2ccc(F)cc2)c1. The normalized spacial score (nSPS) is 10.8. The van der Waals surface area contributed by atoms with Crippen molar-refractivity contribution in [3.05, 3.63) is 106 Å². The van der Waals surface area contributed by atoms with Crippen LogP contribution in [-0.2, 0) is 6.54 Å². The van der Waals surface area contributed by atoms with Crippen LogP contribution in [0.1, 0.15) is 21.7 Å². The van der Waals surface area contributed by atoms with Gasteiger partial charge in [0.25, 0.3) is 11.5 Å². The summed E-state index contributed by atoms with van der Waals surface area (Å²) in [6, 6.07) is 19.8. The van der Waals surface area contributed by atoms with E-state index in [1.54, 1.807) is 36.4 Å². The molecule has 1 aromatic heterocycles. The van der Waals surface area contributed by atoms with Crippen LogP contribution in [0.5, 0.6) is 0 Å². The molecule has 144 valence electrons. The van der Waals surface area contributed by atoms with Gasteiger partial charge in [0.05, 0.1) is 23.1 Å². The third-order valence-electron chi connectivity index (χ3n) is 4.62. The Morgan fingerprint density at radius 2 is 1.79 bits per heavy atom. The van der Waals surface area contributed by atoms with Crippen molar-refractivity contribution in [2.45, 2.75) is 13.5 Å². The lowest BCUT2D eigenvalue weighted by Crippen LogP contribution is -2.30. The number of hydrogen-bond donors (Lipinski definition) is 1. The molecule has 29 heavy (non-hydrogen) atoms. The Labute approximate surface area is 166 Å². The second-order valence-electron chi connectivity index (χ2n) is 6.71. The molecule has 4 aromatic rings. The van der Waals surface area contributed by atoms with E-state index in [4.69, 9.17) is 0 Å². The van der Waals surface area contributed by atoms with Gasteiger partial charge >= 0.3 is 0 Å². The van der Waals surface area contributed by atoms with Gasteiger partial charge in [-0.15, -0.1) is 0 Å². The Kier molecular flexibility index (Phi) is 4.91. The topological polar surface area (TPSA) is 64.0 Å². The number of nitrogens with zero attached hydrogens (tertiary/aromatic N) is 2. The Hall–Kier alpha value is -3.80. The van der Waals surface area contributed by atoms with E-state index >= 15 is 0 Å². The molecule has 0 aliphatic rings. The minimum Gasteiger partial charge on any atom is -0.345 e. The van der Waals surface area contributed by atoms with Gasteiger partial charge < -0.3 is 5.32 Å². The number of hydrogen-bond acceptors (Lipinski definition) is 3. The lowest BCUT2D eigenvalue weighted by Gasteiger charge is -2.14. The molecule has 3 aromatic carbocycles. The van der Waals surface area contributed by atoms with Gasteiger partial charge in [-0.25, -0.2) is 9.37 Å². The van der Waals surface area contributed by atoms with E-state index in [2.05, 4.69) is 10.3 Å². The predicted octanol–water partition coefficient (Wildman–Crippen LogP) is 3.76. The number of aromatic nitrogens is 2. The number of rotatable bonds is 4. The zero-order valence-electron chi connectivity index (χ0n) is 15.7. The summed E-state index contributed by atoms with van der Waals surface area (Å²) >= 11 is 0. The molecule has 5 nitrogen and oxygen atoms in total. The van der Waals surface area contributed by atoms with Crippen molar-refractivity contribution in [2.24, 2.45) is 0 Å². The second kappa shape index (κ2) is 7.67. The molecule has 0 saturated heterocycles. The highest BCUT2D eigenvalue weighted by molar-refractivity contribution is 5.94. The maximum atomic E-state index is 13.4. The zero-order valence-corrected chi connectivity index (χ0v) is 15.7. The Morgan fingerprint density at radius 1 is 1.03 bits per heavy atom. The monoisotopic (exact) mass is 387 g/mol. The van der Waals surface area contributed by atoms with E-state index in [0.717, 1.165) is 5.56 Å². The number of benzene rings is 3. The van der Waals surface area contributed by atoms with Crippen LogP contribution in [0.15, 0.2) is 77.6 Å². The number of amides is 1. The quantitative estimate of drug-likeness (QED) is 0.580. The first kappa shape index (κ1) is 18.6. The standard InChI is InChI=1S/C23H18FN3O2/c1-15-5-4-6-16(13-15)22(28)25-14-21-26-20-8-3-2-7-19(20)23(29)27(21)18-11-9-17(24)10-12-18/h2-13H,14H2,1H3,(H,25,28). The summed E-state index contributed by atoms with van der Waals surface area (Å²) in [6.07, 6.45) is 0. The molecule has 1 heterocycles. The highest BCUT2D eigenvalue weighted by atomic mass is 19.1. The molecule has 0 fully saturated rings. The molecule has 0 atom stereocenters. The summed E-state index contributed by atoms with van der Waals surface area (Å²) < 4.78 is 14.8. The van der Waals surface area contributed by atoms with Gasteiger partial charge in [0, 0.05) is 5.56 Å². The maximum absolute atomic E-state index is 13.4. The summed E-state index contributed by atoms with van der Waals surface area (Å²) in [6.45, 7) is 1.96. The maximum Gasteiger partial charge on any atom is 0.266 e. The van der Waals surface area contributed by atoms with Crippen LogP contribution in [-0.4, -0.2) is 15.5 Å². The molecule has 1 amide bonds. The Bertz CT molecular complexity index is 1260. The fraction of sp³-hybridized carbons (Fsp3) is 0.0870. The number of fused-ring (bicyclic) bond motifs is 1. The van der Waals surface area contributed by atoms with Crippen LogP contribution < -0.4 is 10.9 Å². The smallest absolute Gasteiger partial charge is 0.266 e. The largest absolute Gasteiger partial charge is 0.345 e. The molecule has 0 bridgehead atoms. The van der Waals surface area contributed by atoms with Gasteiger partial charge in [-0.3, -0.25) is 14.2 Å². The molecule has 0 aliphatic heterocycles. The summed E-state index contributed by atoms with van der Waals surface area (Å²) in [5.74, 6) is -0.298. The fourth-order valence-electron chi connectivity index (χ4n) is 3.20. The first-order chi connectivity index (χ1) is 14.0. The lowest BCUT2D eigenvalue weighted by atomic mass is 10.1. The number of aryl methyl sites for hydroxylation is 1. The summed E-state index contributed by atoms with van der Waals surface area (Å²) in [7, 11) is 0. The van der Waals surface area contributed by atoms with Crippen molar-refractivity contribution in [3.63, 3.8) is 0 Å². The van der Waals surface area contributed by atoms with E-state index in [0.29, 0.717) is 28.0 Å². The average Bonchev–Trinajstić information content (AvgIpc) is 2.73. The van der Waals surface area contributed by atoms with E-state index in [1.807, 2.05) is 19.1 Å². The lowest BCUT2D eigenvalue weighted by molar-refractivity contribution is 0.0949. The molecule has 0 saturated carbocycles. The van der Waals surface area contributed by atoms with E-state index < -0.39 is 5.82 Å². The van der Waals surface area contributed by atoms with Crippen LogP contribution in [0.4, 0.5) is 4.39 Å². The van der Waals surface area contributed by atoms with Gasteiger partial charge in [0.15, 0.2) is 0 Å². The van der Waals surface area contributed by atoms with Crippen molar-refractivity contribution < 1.29 is 9.18 Å². The van der Waals surface area contributed by atoms with Crippen molar-refractivity contribution in [1.82, 2.24) is 14.9 Å². The van der Waals surface area contributed by atoms with Crippen molar-refractivity contribution >= 4 is 16.8 Å². The zero-order chi connectivity index (χ0) is 20.4. The Morgan fingerprint density at radius 3 is 2.55 bits per heavy atom. The molecular formula is C23H18FN3O2. The third kappa shape index (κ3) is 3.78. The predicted molar refractivity (Wildman–Crippen MR) is 110 cm³/mol. The van der Waals surface area contributed by atoms with Crippen LogP contribution in [0.25, 0.3) is 16.6 Å². The van der Waals surface area contributed by atoms with Gasteiger partial charge in [-0.2, -0.15) is 0 Å². The van der Waals surface area contributed by atoms with Gasteiger partial charge in [0.1, 0.15) is 11.6 Å². The number of carbonyl (C=O) groups excluding carboxylic acids is 1. The number of carbonyl (C=O) groups is 1. The van der Waals surface area contributed by atoms with Crippen LogP contribution in [0.3, 0.4) is 0 Å². The van der Waals surface area contributed by atoms with Gasteiger partial charge in [0.2, 0.25) is 0 Å². The summed E-state index contributed by atoms with van der Waals surface area (Å²) in [5.41, 5.74) is 2.25. The molecule has 0 spiro atoms. The van der Waals surface area contributed by atoms with Crippen LogP contribution in [0, 0.1) is 12.7 Å². The molecule has 6 heteroatoms. The second-order valence-corrected chi connectivity index (χ2v) is 6.71. The van der Waals surface area contributed by atoms with E-state index in [9.17, 15) is 14.0 Å². The molecule has 0 aliphatic carbocycles. The first-order valence-corrected chi connectivity index (χ1v) is 9.14. The molecule has 4 rings (SSSR count). The Balaban J connectivity index is 1.76. The van der Waals surface area contributed by atoms with Gasteiger partial charge in [-0.05, 0) is 55.5 Å². The third-order valence-corrected chi connectivity index (χ3v) is 4.62. The van der Waals surface area contributed by atoms with Crippen molar-refractivity contribution in [2.75, 3.05) is 0 Å². The number of para-hydroxylation sites is 1. The minimum atomic E-state index is -0.398. The highest BCUT2D eigenvalue weighted by Crippen LogP contribution is 2.14. The number of halogens is 1. The fourth-order valence-corrected chi connectivity index (χ4v) is 3.20. The van der Waals surface area contributed by atoms with Crippen LogP contribution >= 0.6 is 0 Å². The number of nitrogens with one attached hydrogen (secondary N) is 1. The van der Waals surface area contributed by atoms with Gasteiger partial charge in [-0.1, -0.05) is 29.8 Å². The molecular weight excluding hydrogens is 369 g/mol. The van der Waals surface area contributed by atoms with E-state index in [1.165, 1.54) is 28.8 Å². The summed E-state index contributed by atoms with van der Waals surface area (Å²) in [4.78, 5) is 30.2. The van der Waals surface area contributed by atoms with E-state index in [-0.39, 0.29) is 18.0 Å². The first-order valence-electron chi connectivity index (χ1n) is 9.14. The molecule has 0 unspecified atom stereocenters. The summed E-state index contributed by atoms with van der Waals surface area (Å²) in [5, 5.41) is 3.27. The average molecular weight is 387 g/mol. The van der Waals surface area contributed by atoms with Crippen molar-refractivity contribution in [3.8, 4) is 5.69 Å². The molecule has 0 radical (unpaired) electrons. The highest BCUT2D eigenvalue weighted by Gasteiger charge is 2.14.